The highest BCUT2D eigenvalue weighted by molar-refractivity contribution is 5.70. The minimum atomic E-state index is -0.354. The van der Waals surface area contributed by atoms with Crippen LogP contribution in [0.4, 0.5) is 4.79 Å². The van der Waals surface area contributed by atoms with Crippen LogP contribution >= 0.6 is 0 Å². The molecule has 4 heteroatoms. The number of benzene rings is 1. The van der Waals surface area contributed by atoms with E-state index in [9.17, 15) is 4.79 Å². The van der Waals surface area contributed by atoms with Gasteiger partial charge >= 0.3 is 6.09 Å². The lowest BCUT2D eigenvalue weighted by atomic mass is 10.0. The summed E-state index contributed by atoms with van der Waals surface area (Å²) in [4.78, 5) is 11.6. The summed E-state index contributed by atoms with van der Waals surface area (Å²) >= 11 is 0. The SMILES string of the molecule is CCCCCCCCCCCCC/C=C/[C@@H]1OC(=O)N[C@H]1COCc1ccccc1. The predicted molar refractivity (Wildman–Crippen MR) is 124 cm³/mol. The van der Waals surface area contributed by atoms with E-state index in [1.807, 2.05) is 36.4 Å². The van der Waals surface area contributed by atoms with Crippen LogP contribution in [0, 0.1) is 0 Å². The number of nitrogens with one attached hydrogen (secondary N) is 1. The van der Waals surface area contributed by atoms with E-state index in [-0.39, 0.29) is 18.2 Å². The van der Waals surface area contributed by atoms with E-state index < -0.39 is 0 Å². The first-order valence-corrected chi connectivity index (χ1v) is 12.0. The molecule has 0 unspecified atom stereocenters. The number of cyclic esters (lactones) is 1. The molecule has 2 atom stereocenters. The zero-order chi connectivity index (χ0) is 21.3. The Bertz CT molecular complexity index is 587. The maximum absolute atomic E-state index is 11.6. The van der Waals surface area contributed by atoms with Gasteiger partial charge in [0.1, 0.15) is 6.10 Å². The topological polar surface area (TPSA) is 47.6 Å². The highest BCUT2D eigenvalue weighted by atomic mass is 16.6. The van der Waals surface area contributed by atoms with Crippen molar-refractivity contribution in [1.29, 1.82) is 0 Å². The number of carbonyl (C=O) groups is 1. The molecule has 1 aliphatic rings. The molecular weight excluding hydrogens is 374 g/mol. The normalized spacial score (nSPS) is 18.6. The van der Waals surface area contributed by atoms with Gasteiger partial charge in [-0.3, -0.25) is 0 Å². The summed E-state index contributed by atoms with van der Waals surface area (Å²) < 4.78 is 11.1. The van der Waals surface area contributed by atoms with Crippen molar-refractivity contribution in [3.05, 3.63) is 48.0 Å². The summed E-state index contributed by atoms with van der Waals surface area (Å²) in [7, 11) is 0. The van der Waals surface area contributed by atoms with E-state index in [4.69, 9.17) is 9.47 Å². The Labute approximate surface area is 183 Å². The third-order valence-electron chi connectivity index (χ3n) is 5.65. The van der Waals surface area contributed by atoms with Crippen LogP contribution < -0.4 is 5.32 Å². The second-order valence-corrected chi connectivity index (χ2v) is 8.37. The average molecular weight is 416 g/mol. The lowest BCUT2D eigenvalue weighted by molar-refractivity contribution is 0.0848. The number of alkyl carbamates (subject to hydrolysis) is 1. The Hall–Kier alpha value is -1.81. The molecule has 1 amide bonds. The van der Waals surface area contributed by atoms with Crippen molar-refractivity contribution in [2.24, 2.45) is 0 Å². The Balaban J connectivity index is 1.49. The van der Waals surface area contributed by atoms with Crippen LogP contribution in [-0.4, -0.2) is 24.8 Å². The van der Waals surface area contributed by atoms with Gasteiger partial charge in [-0.2, -0.15) is 0 Å². The van der Waals surface area contributed by atoms with E-state index >= 15 is 0 Å². The Kier molecular flexibility index (Phi) is 13.0. The Morgan fingerprint density at radius 3 is 2.23 bits per heavy atom. The van der Waals surface area contributed by atoms with Gasteiger partial charge < -0.3 is 14.8 Å². The molecule has 1 saturated heterocycles. The molecule has 0 spiro atoms. The molecule has 1 N–H and O–H groups in total. The summed E-state index contributed by atoms with van der Waals surface area (Å²) in [5.74, 6) is 0. The molecule has 0 aliphatic carbocycles. The number of ether oxygens (including phenoxy) is 2. The molecule has 30 heavy (non-hydrogen) atoms. The zero-order valence-electron chi connectivity index (χ0n) is 18.8. The fraction of sp³-hybridized carbons (Fsp3) is 0.654. The summed E-state index contributed by atoms with van der Waals surface area (Å²) in [5.41, 5.74) is 1.13. The number of rotatable bonds is 17. The molecule has 0 bridgehead atoms. The minimum Gasteiger partial charge on any atom is -0.440 e. The van der Waals surface area contributed by atoms with Crippen molar-refractivity contribution in [3.63, 3.8) is 0 Å². The lowest BCUT2D eigenvalue weighted by Gasteiger charge is -2.14. The van der Waals surface area contributed by atoms with Gasteiger partial charge in [-0.05, 0) is 24.5 Å². The summed E-state index contributed by atoms with van der Waals surface area (Å²) in [6.45, 7) is 3.27. The van der Waals surface area contributed by atoms with E-state index in [2.05, 4.69) is 18.3 Å². The monoisotopic (exact) mass is 415 g/mol. The number of unbranched alkanes of at least 4 members (excludes halogenated alkanes) is 11. The van der Waals surface area contributed by atoms with Gasteiger partial charge in [-0.25, -0.2) is 4.79 Å². The molecule has 4 nitrogen and oxygen atoms in total. The summed E-state index contributed by atoms with van der Waals surface area (Å²) in [5, 5.41) is 2.85. The van der Waals surface area contributed by atoms with E-state index in [1.165, 1.54) is 70.6 Å². The fourth-order valence-electron chi connectivity index (χ4n) is 3.82. The molecule has 1 aliphatic heterocycles. The highest BCUT2D eigenvalue weighted by Crippen LogP contribution is 2.14. The van der Waals surface area contributed by atoms with Crippen LogP contribution in [0.2, 0.25) is 0 Å². The molecule has 0 radical (unpaired) electrons. The fourth-order valence-corrected chi connectivity index (χ4v) is 3.82. The first-order chi connectivity index (χ1) is 14.8. The number of amides is 1. The second kappa shape index (κ2) is 16.0. The maximum atomic E-state index is 11.6. The van der Waals surface area contributed by atoms with E-state index in [0.29, 0.717) is 13.2 Å². The number of allylic oxidation sites excluding steroid dienone is 1. The van der Waals surface area contributed by atoms with Crippen LogP contribution in [0.5, 0.6) is 0 Å². The van der Waals surface area contributed by atoms with Crippen LogP contribution in [0.3, 0.4) is 0 Å². The van der Waals surface area contributed by atoms with Gasteiger partial charge in [0.25, 0.3) is 0 Å². The molecule has 1 aromatic carbocycles. The molecule has 168 valence electrons. The molecule has 1 aromatic rings. The number of carbonyl (C=O) groups excluding carboxylic acids is 1. The lowest BCUT2D eigenvalue weighted by Crippen LogP contribution is -2.35. The largest absolute Gasteiger partial charge is 0.440 e. The molecule has 1 heterocycles. The summed E-state index contributed by atoms with van der Waals surface area (Å²) in [6.07, 6.45) is 19.6. The average Bonchev–Trinajstić information content (AvgIpc) is 3.11. The molecule has 1 fully saturated rings. The van der Waals surface area contributed by atoms with Gasteiger partial charge in [-0.1, -0.05) is 108 Å². The van der Waals surface area contributed by atoms with Crippen molar-refractivity contribution in [2.75, 3.05) is 6.61 Å². The number of hydrogen-bond acceptors (Lipinski definition) is 3. The second-order valence-electron chi connectivity index (χ2n) is 8.37. The van der Waals surface area contributed by atoms with Crippen molar-refractivity contribution in [2.45, 2.75) is 103 Å². The van der Waals surface area contributed by atoms with Crippen molar-refractivity contribution in [3.8, 4) is 0 Å². The van der Waals surface area contributed by atoms with Crippen LogP contribution in [0.25, 0.3) is 0 Å². The minimum absolute atomic E-state index is 0.116. The van der Waals surface area contributed by atoms with E-state index in [1.54, 1.807) is 0 Å². The molecule has 0 saturated carbocycles. The van der Waals surface area contributed by atoms with Crippen molar-refractivity contribution in [1.82, 2.24) is 5.32 Å². The van der Waals surface area contributed by atoms with Gasteiger partial charge in [-0.15, -0.1) is 0 Å². The Morgan fingerprint density at radius 2 is 1.57 bits per heavy atom. The first kappa shape index (κ1) is 24.5. The molecular formula is C26H41NO3. The van der Waals surface area contributed by atoms with Gasteiger partial charge in [0, 0.05) is 0 Å². The number of hydrogen-bond donors (Lipinski definition) is 1. The molecule has 0 aromatic heterocycles. The zero-order valence-corrected chi connectivity index (χ0v) is 18.8. The first-order valence-electron chi connectivity index (χ1n) is 12.0. The van der Waals surface area contributed by atoms with Crippen molar-refractivity contribution < 1.29 is 14.3 Å². The van der Waals surface area contributed by atoms with Gasteiger partial charge in [0.05, 0.1) is 19.3 Å². The third kappa shape index (κ3) is 10.8. The highest BCUT2D eigenvalue weighted by Gasteiger charge is 2.32. The third-order valence-corrected chi connectivity index (χ3v) is 5.65. The summed E-state index contributed by atoms with van der Waals surface area (Å²) in [6, 6.07) is 9.95. The predicted octanol–water partition coefficient (Wildman–Crippen LogP) is 6.94. The van der Waals surface area contributed by atoms with Gasteiger partial charge in [0.2, 0.25) is 0 Å². The quantitative estimate of drug-likeness (QED) is 0.221. The smallest absolute Gasteiger partial charge is 0.408 e. The Morgan fingerprint density at radius 1 is 0.933 bits per heavy atom. The maximum Gasteiger partial charge on any atom is 0.408 e. The van der Waals surface area contributed by atoms with Crippen LogP contribution in [0.15, 0.2) is 42.5 Å². The van der Waals surface area contributed by atoms with Crippen LogP contribution in [0.1, 0.15) is 89.5 Å². The standard InChI is InChI=1S/C26H41NO3/c1-2-3-4-5-6-7-8-9-10-11-12-13-17-20-25-24(27-26(28)30-25)22-29-21-23-18-15-14-16-19-23/h14-20,24-25H,2-13,21-22H2,1H3,(H,27,28)/b20-17+/t24-,25-/m0/s1. The van der Waals surface area contributed by atoms with E-state index in [0.717, 1.165) is 12.0 Å². The van der Waals surface area contributed by atoms with Crippen LogP contribution in [-0.2, 0) is 16.1 Å². The van der Waals surface area contributed by atoms with Gasteiger partial charge in [0.15, 0.2) is 0 Å². The molecule has 2 rings (SSSR count). The van der Waals surface area contributed by atoms with Crippen molar-refractivity contribution >= 4 is 6.09 Å².